The third kappa shape index (κ3) is 1.48. The number of carbonyl (C=O) groups is 1. The van der Waals surface area contributed by atoms with E-state index in [2.05, 4.69) is 10.2 Å². The number of nitrogens with zero attached hydrogens (tertiary/aromatic N) is 1. The van der Waals surface area contributed by atoms with Crippen molar-refractivity contribution in [1.29, 1.82) is 0 Å². The van der Waals surface area contributed by atoms with E-state index in [1.54, 1.807) is 6.26 Å². The molecule has 0 aliphatic heterocycles. The zero-order valence-corrected chi connectivity index (χ0v) is 8.68. The number of hydrogen-bond acceptors (Lipinski definition) is 3. The molecule has 3 aromatic rings. The molecule has 2 heterocycles. The molecular formula is C12H8N2O3. The highest BCUT2D eigenvalue weighted by Gasteiger charge is 2.12. The van der Waals surface area contributed by atoms with Crippen LogP contribution in [0, 0.1) is 0 Å². The molecule has 3 rings (SSSR count). The maximum Gasteiger partial charge on any atom is 0.353 e. The van der Waals surface area contributed by atoms with Crippen LogP contribution in [0.4, 0.5) is 0 Å². The van der Waals surface area contributed by atoms with Gasteiger partial charge in [0.25, 0.3) is 0 Å². The summed E-state index contributed by atoms with van der Waals surface area (Å²) in [5.74, 6) is -1.02. The van der Waals surface area contributed by atoms with Crippen LogP contribution in [0.1, 0.15) is 10.5 Å². The number of benzene rings is 1. The number of furan rings is 1. The fraction of sp³-hybridized carbons (Fsp3) is 0. The third-order valence-corrected chi connectivity index (χ3v) is 2.58. The van der Waals surface area contributed by atoms with Gasteiger partial charge in [-0.2, -0.15) is 5.10 Å². The molecule has 5 nitrogen and oxygen atoms in total. The van der Waals surface area contributed by atoms with E-state index in [0.717, 1.165) is 16.5 Å². The van der Waals surface area contributed by atoms with E-state index < -0.39 is 5.97 Å². The van der Waals surface area contributed by atoms with Crippen LogP contribution in [0.3, 0.4) is 0 Å². The average Bonchev–Trinajstić information content (AvgIpc) is 2.97. The number of carboxylic acids is 1. The van der Waals surface area contributed by atoms with E-state index in [4.69, 9.17) is 9.52 Å². The van der Waals surface area contributed by atoms with Crippen molar-refractivity contribution < 1.29 is 14.3 Å². The molecule has 0 atom stereocenters. The Morgan fingerprint density at radius 3 is 3.00 bits per heavy atom. The molecule has 0 fully saturated rings. The molecule has 0 aliphatic rings. The second-order valence-corrected chi connectivity index (χ2v) is 3.61. The molecule has 2 N–H and O–H groups in total. The number of hydrogen-bond donors (Lipinski definition) is 2. The Hall–Kier alpha value is -2.56. The fourth-order valence-electron chi connectivity index (χ4n) is 1.79. The first-order chi connectivity index (χ1) is 8.25. The predicted molar refractivity (Wildman–Crippen MR) is 60.8 cm³/mol. The van der Waals surface area contributed by atoms with Gasteiger partial charge in [-0.1, -0.05) is 12.1 Å². The summed E-state index contributed by atoms with van der Waals surface area (Å²) in [4.78, 5) is 10.8. The van der Waals surface area contributed by atoms with Gasteiger partial charge in [-0.3, -0.25) is 5.10 Å². The smallest absolute Gasteiger partial charge is 0.353 e. The van der Waals surface area contributed by atoms with Crippen LogP contribution in [-0.2, 0) is 0 Å². The SMILES string of the molecule is O=C(O)c1cc(-c2cccc3occc23)n[nH]1. The van der Waals surface area contributed by atoms with Gasteiger partial charge < -0.3 is 9.52 Å². The minimum Gasteiger partial charge on any atom is -0.477 e. The number of H-pyrrole nitrogens is 1. The molecule has 0 amide bonds. The van der Waals surface area contributed by atoms with Gasteiger partial charge in [0.2, 0.25) is 0 Å². The topological polar surface area (TPSA) is 79.1 Å². The number of nitrogens with one attached hydrogen (secondary N) is 1. The van der Waals surface area contributed by atoms with E-state index in [1.165, 1.54) is 6.07 Å². The minimum atomic E-state index is -1.02. The summed E-state index contributed by atoms with van der Waals surface area (Å²) in [5.41, 5.74) is 2.26. The average molecular weight is 228 g/mol. The zero-order valence-electron chi connectivity index (χ0n) is 8.68. The van der Waals surface area contributed by atoms with E-state index in [0.29, 0.717) is 5.69 Å². The second kappa shape index (κ2) is 3.48. The van der Waals surface area contributed by atoms with E-state index in [1.807, 2.05) is 24.3 Å². The Morgan fingerprint density at radius 2 is 2.24 bits per heavy atom. The predicted octanol–water partition coefficient (Wildman–Crippen LogP) is 2.52. The van der Waals surface area contributed by atoms with Gasteiger partial charge >= 0.3 is 5.97 Å². The number of aromatic nitrogens is 2. The van der Waals surface area contributed by atoms with Gasteiger partial charge in [0, 0.05) is 10.9 Å². The lowest BCUT2D eigenvalue weighted by Crippen LogP contribution is -1.95. The molecule has 0 saturated heterocycles. The molecule has 84 valence electrons. The quantitative estimate of drug-likeness (QED) is 0.706. The number of aromatic carboxylic acids is 1. The van der Waals surface area contributed by atoms with E-state index in [-0.39, 0.29) is 5.69 Å². The van der Waals surface area contributed by atoms with Crippen LogP contribution in [0.5, 0.6) is 0 Å². The first-order valence-corrected chi connectivity index (χ1v) is 5.01. The van der Waals surface area contributed by atoms with Gasteiger partial charge in [0.05, 0.1) is 12.0 Å². The molecule has 17 heavy (non-hydrogen) atoms. The monoisotopic (exact) mass is 228 g/mol. The van der Waals surface area contributed by atoms with E-state index in [9.17, 15) is 4.79 Å². The van der Waals surface area contributed by atoms with Crippen LogP contribution < -0.4 is 0 Å². The second-order valence-electron chi connectivity index (χ2n) is 3.61. The lowest BCUT2D eigenvalue weighted by atomic mass is 10.1. The van der Waals surface area contributed by atoms with Crippen molar-refractivity contribution in [3.05, 3.63) is 42.3 Å². The summed E-state index contributed by atoms with van der Waals surface area (Å²) in [5, 5.41) is 16.2. The summed E-state index contributed by atoms with van der Waals surface area (Å²) >= 11 is 0. The summed E-state index contributed by atoms with van der Waals surface area (Å²) < 4.78 is 5.28. The molecule has 0 bridgehead atoms. The highest BCUT2D eigenvalue weighted by atomic mass is 16.4. The highest BCUT2D eigenvalue weighted by Crippen LogP contribution is 2.28. The third-order valence-electron chi connectivity index (χ3n) is 2.58. The number of aromatic amines is 1. The summed E-state index contributed by atoms with van der Waals surface area (Å²) in [7, 11) is 0. The molecule has 0 spiro atoms. The lowest BCUT2D eigenvalue weighted by Gasteiger charge is -1.96. The van der Waals surface area contributed by atoms with Gasteiger partial charge in [-0.15, -0.1) is 0 Å². The molecule has 0 saturated carbocycles. The largest absolute Gasteiger partial charge is 0.477 e. The standard InChI is InChI=1S/C12H8N2O3/c15-12(16)10-6-9(13-14-10)7-2-1-3-11-8(7)4-5-17-11/h1-6H,(H,13,14)(H,15,16). The summed E-state index contributed by atoms with van der Waals surface area (Å²) in [6.07, 6.45) is 1.60. The van der Waals surface area contributed by atoms with Crippen molar-refractivity contribution in [3.8, 4) is 11.3 Å². The number of rotatable bonds is 2. The van der Waals surface area contributed by atoms with Crippen molar-refractivity contribution in [2.24, 2.45) is 0 Å². The molecule has 2 aromatic heterocycles. The van der Waals surface area contributed by atoms with Crippen LogP contribution in [0.2, 0.25) is 0 Å². The molecule has 0 radical (unpaired) electrons. The normalized spacial score (nSPS) is 10.8. The molecule has 0 aliphatic carbocycles. The van der Waals surface area contributed by atoms with Gasteiger partial charge in [-0.25, -0.2) is 4.79 Å². The van der Waals surface area contributed by atoms with E-state index >= 15 is 0 Å². The summed E-state index contributed by atoms with van der Waals surface area (Å²) in [6.45, 7) is 0. The number of carboxylic acid groups (broad SMARTS) is 1. The first kappa shape index (κ1) is 9.65. The Labute approximate surface area is 95.7 Å². The van der Waals surface area contributed by atoms with Crippen molar-refractivity contribution in [2.75, 3.05) is 0 Å². The van der Waals surface area contributed by atoms with Gasteiger partial charge in [0.15, 0.2) is 0 Å². The Bertz CT molecular complexity index is 696. The minimum absolute atomic E-state index is 0.0699. The molecular weight excluding hydrogens is 220 g/mol. The van der Waals surface area contributed by atoms with Crippen molar-refractivity contribution in [2.45, 2.75) is 0 Å². The van der Waals surface area contributed by atoms with Crippen molar-refractivity contribution in [1.82, 2.24) is 10.2 Å². The molecule has 5 heteroatoms. The molecule has 0 unspecified atom stereocenters. The maximum absolute atomic E-state index is 10.8. The van der Waals surface area contributed by atoms with Crippen LogP contribution in [0.15, 0.2) is 41.0 Å². The van der Waals surface area contributed by atoms with Gasteiger partial charge in [-0.05, 0) is 18.2 Å². The van der Waals surface area contributed by atoms with Crippen molar-refractivity contribution >= 4 is 16.9 Å². The summed E-state index contributed by atoms with van der Waals surface area (Å²) in [6, 6.07) is 8.91. The highest BCUT2D eigenvalue weighted by molar-refractivity contribution is 5.94. The zero-order chi connectivity index (χ0) is 11.8. The fourth-order valence-corrected chi connectivity index (χ4v) is 1.79. The van der Waals surface area contributed by atoms with Gasteiger partial charge in [0.1, 0.15) is 11.3 Å². The van der Waals surface area contributed by atoms with Crippen molar-refractivity contribution in [3.63, 3.8) is 0 Å². The van der Waals surface area contributed by atoms with Crippen LogP contribution in [-0.4, -0.2) is 21.3 Å². The first-order valence-electron chi connectivity index (χ1n) is 5.01. The van der Waals surface area contributed by atoms with Crippen LogP contribution >= 0.6 is 0 Å². The number of fused-ring (bicyclic) bond motifs is 1. The Morgan fingerprint density at radius 1 is 1.35 bits per heavy atom. The lowest BCUT2D eigenvalue weighted by molar-refractivity contribution is 0.0690. The van der Waals surface area contributed by atoms with Crippen LogP contribution in [0.25, 0.3) is 22.2 Å². The molecule has 1 aromatic carbocycles. The maximum atomic E-state index is 10.8. The Kier molecular flexibility index (Phi) is 1.98. The Balaban J connectivity index is 2.19.